The van der Waals surface area contributed by atoms with E-state index in [-0.39, 0.29) is 17.0 Å². The fourth-order valence-electron chi connectivity index (χ4n) is 2.62. The molecular weight excluding hydrogens is 386 g/mol. The number of hydrogen-bond acceptors (Lipinski definition) is 4. The number of hydrogen-bond donors (Lipinski definition) is 0. The van der Waals surface area contributed by atoms with Gasteiger partial charge in [0.25, 0.3) is 0 Å². The highest BCUT2D eigenvalue weighted by molar-refractivity contribution is 8.93. The Morgan fingerprint density at radius 3 is 2.92 bits per heavy atom. The predicted molar refractivity (Wildman–Crippen MR) is 102 cm³/mol. The fourth-order valence-corrected chi connectivity index (χ4v) is 3.67. The van der Waals surface area contributed by atoms with Gasteiger partial charge in [-0.1, -0.05) is 23.5 Å². The number of ether oxygens (including phenoxy) is 1. The van der Waals surface area contributed by atoms with Gasteiger partial charge in [0.2, 0.25) is 0 Å². The Kier molecular flexibility index (Phi) is 4.56. The normalized spacial score (nSPS) is 10.5. The van der Waals surface area contributed by atoms with E-state index in [2.05, 4.69) is 10.5 Å². The molecule has 0 spiro atoms. The van der Waals surface area contributed by atoms with Crippen LogP contribution in [0.1, 0.15) is 12.5 Å². The quantitative estimate of drug-likeness (QED) is 0.483. The summed E-state index contributed by atoms with van der Waals surface area (Å²) in [6.07, 6.45) is 2.03. The first-order valence-electron chi connectivity index (χ1n) is 7.33. The number of rotatable bonds is 3. The molecule has 6 heteroatoms. The summed E-state index contributed by atoms with van der Waals surface area (Å²) in [5.74, 6) is 0.852. The van der Waals surface area contributed by atoms with Gasteiger partial charge in [0.15, 0.2) is 4.96 Å². The summed E-state index contributed by atoms with van der Waals surface area (Å²) in [4.78, 5) is 5.64. The maximum absolute atomic E-state index is 9.01. The molecule has 4 aromatic rings. The summed E-state index contributed by atoms with van der Waals surface area (Å²) in [7, 11) is 0. The van der Waals surface area contributed by atoms with Crippen molar-refractivity contribution in [2.45, 2.75) is 6.92 Å². The molecule has 0 aliphatic rings. The Bertz CT molecular complexity index is 1060. The highest BCUT2D eigenvalue weighted by Gasteiger charge is 2.11. The third kappa shape index (κ3) is 2.77. The van der Waals surface area contributed by atoms with Crippen LogP contribution in [0.25, 0.3) is 26.4 Å². The lowest BCUT2D eigenvalue weighted by Gasteiger charge is -2.03. The average Bonchev–Trinajstić information content (AvgIpc) is 3.12. The second-order valence-corrected chi connectivity index (χ2v) is 6.15. The van der Waals surface area contributed by atoms with E-state index in [1.54, 1.807) is 11.3 Å². The topological polar surface area (TPSA) is 50.3 Å². The zero-order valence-electron chi connectivity index (χ0n) is 12.9. The molecule has 2 heterocycles. The summed E-state index contributed by atoms with van der Waals surface area (Å²) in [6, 6.07) is 15.9. The molecule has 0 amide bonds. The van der Waals surface area contributed by atoms with Gasteiger partial charge in [-0.15, -0.1) is 17.0 Å². The molecule has 0 atom stereocenters. The monoisotopic (exact) mass is 399 g/mol. The van der Waals surface area contributed by atoms with Crippen molar-refractivity contribution in [2.24, 2.45) is 0 Å². The molecule has 0 unspecified atom stereocenters. The Hall–Kier alpha value is -2.36. The SMILES string of the molecule is Br.CCOc1cccc(-c2cn3c(n2)sc2cc(C#N)ccc23)c1. The second kappa shape index (κ2) is 6.63. The van der Waals surface area contributed by atoms with Crippen LogP contribution in [0.2, 0.25) is 0 Å². The van der Waals surface area contributed by atoms with Crippen LogP contribution in [0.4, 0.5) is 0 Å². The van der Waals surface area contributed by atoms with Gasteiger partial charge in [0.1, 0.15) is 5.75 Å². The fraction of sp³-hybridized carbons (Fsp3) is 0.111. The molecule has 0 bridgehead atoms. The van der Waals surface area contributed by atoms with Crippen LogP contribution in [-0.4, -0.2) is 16.0 Å². The van der Waals surface area contributed by atoms with Crippen LogP contribution in [0.15, 0.2) is 48.7 Å². The van der Waals surface area contributed by atoms with Gasteiger partial charge in [-0.05, 0) is 37.3 Å². The number of nitrogens with zero attached hydrogens (tertiary/aromatic N) is 3. The van der Waals surface area contributed by atoms with E-state index in [0.29, 0.717) is 12.2 Å². The van der Waals surface area contributed by atoms with Crippen molar-refractivity contribution < 1.29 is 4.74 Å². The van der Waals surface area contributed by atoms with Gasteiger partial charge < -0.3 is 4.74 Å². The van der Waals surface area contributed by atoms with Crippen molar-refractivity contribution in [3.8, 4) is 23.1 Å². The summed E-state index contributed by atoms with van der Waals surface area (Å²) in [5.41, 5.74) is 3.70. The Labute approximate surface area is 153 Å². The zero-order valence-corrected chi connectivity index (χ0v) is 15.4. The molecule has 0 radical (unpaired) electrons. The lowest BCUT2D eigenvalue weighted by Crippen LogP contribution is -1.91. The molecule has 0 saturated carbocycles. The smallest absolute Gasteiger partial charge is 0.195 e. The van der Waals surface area contributed by atoms with Gasteiger partial charge in [-0.25, -0.2) is 4.98 Å². The molecule has 24 heavy (non-hydrogen) atoms. The highest BCUT2D eigenvalue weighted by atomic mass is 79.9. The molecule has 0 N–H and O–H groups in total. The maximum atomic E-state index is 9.01. The molecule has 4 rings (SSSR count). The van der Waals surface area contributed by atoms with Crippen LogP contribution in [0, 0.1) is 11.3 Å². The number of nitriles is 1. The second-order valence-electron chi connectivity index (χ2n) is 5.14. The van der Waals surface area contributed by atoms with Crippen LogP contribution >= 0.6 is 28.3 Å². The van der Waals surface area contributed by atoms with E-state index in [9.17, 15) is 0 Å². The molecule has 2 aromatic heterocycles. The third-order valence-electron chi connectivity index (χ3n) is 3.66. The van der Waals surface area contributed by atoms with Crippen LogP contribution in [0.3, 0.4) is 0 Å². The van der Waals surface area contributed by atoms with E-state index < -0.39 is 0 Å². The minimum Gasteiger partial charge on any atom is -0.494 e. The maximum Gasteiger partial charge on any atom is 0.195 e. The number of thiazole rings is 1. The number of imidazole rings is 1. The summed E-state index contributed by atoms with van der Waals surface area (Å²) >= 11 is 1.59. The number of aromatic nitrogens is 2. The van der Waals surface area contributed by atoms with E-state index >= 15 is 0 Å². The summed E-state index contributed by atoms with van der Waals surface area (Å²) in [6.45, 7) is 2.62. The number of halogens is 1. The first kappa shape index (κ1) is 16.5. The molecule has 0 aliphatic carbocycles. The largest absolute Gasteiger partial charge is 0.494 e. The lowest BCUT2D eigenvalue weighted by molar-refractivity contribution is 0.340. The van der Waals surface area contributed by atoms with Crippen molar-refractivity contribution in [3.63, 3.8) is 0 Å². The van der Waals surface area contributed by atoms with Gasteiger partial charge in [-0.3, -0.25) is 4.40 Å². The van der Waals surface area contributed by atoms with Crippen LogP contribution in [-0.2, 0) is 0 Å². The Morgan fingerprint density at radius 1 is 1.25 bits per heavy atom. The van der Waals surface area contributed by atoms with Gasteiger partial charge >= 0.3 is 0 Å². The average molecular weight is 400 g/mol. The highest BCUT2D eigenvalue weighted by Crippen LogP contribution is 2.31. The Morgan fingerprint density at radius 2 is 2.12 bits per heavy atom. The van der Waals surface area contributed by atoms with E-state index in [0.717, 1.165) is 32.2 Å². The summed E-state index contributed by atoms with van der Waals surface area (Å²) < 4.78 is 8.70. The first-order valence-corrected chi connectivity index (χ1v) is 8.15. The van der Waals surface area contributed by atoms with Crippen molar-refractivity contribution in [1.29, 1.82) is 5.26 Å². The predicted octanol–water partition coefficient (Wildman–Crippen LogP) is 5.06. The molecule has 0 fully saturated rings. The van der Waals surface area contributed by atoms with Gasteiger partial charge in [0.05, 0.1) is 34.2 Å². The van der Waals surface area contributed by atoms with Crippen molar-refractivity contribution in [3.05, 3.63) is 54.2 Å². The molecule has 4 nitrogen and oxygen atoms in total. The first-order chi connectivity index (χ1) is 11.3. The van der Waals surface area contributed by atoms with Gasteiger partial charge in [-0.2, -0.15) is 5.26 Å². The van der Waals surface area contributed by atoms with E-state index in [1.807, 2.05) is 55.6 Å². The molecule has 0 aliphatic heterocycles. The molecular formula is C18H14BrN3OS. The summed E-state index contributed by atoms with van der Waals surface area (Å²) in [5, 5.41) is 9.01. The van der Waals surface area contributed by atoms with Crippen LogP contribution < -0.4 is 4.74 Å². The minimum atomic E-state index is 0. The third-order valence-corrected chi connectivity index (χ3v) is 4.68. The van der Waals surface area contributed by atoms with Crippen LogP contribution in [0.5, 0.6) is 5.75 Å². The Balaban J connectivity index is 0.00000169. The van der Waals surface area contributed by atoms with E-state index in [4.69, 9.17) is 15.0 Å². The van der Waals surface area contributed by atoms with Crippen molar-refractivity contribution in [2.75, 3.05) is 6.61 Å². The number of fused-ring (bicyclic) bond motifs is 3. The van der Waals surface area contributed by atoms with Gasteiger partial charge in [0, 0.05) is 11.8 Å². The molecule has 0 saturated heterocycles. The minimum absolute atomic E-state index is 0. The zero-order chi connectivity index (χ0) is 15.8. The number of benzene rings is 2. The van der Waals surface area contributed by atoms with E-state index in [1.165, 1.54) is 0 Å². The molecule has 2 aromatic carbocycles. The van der Waals surface area contributed by atoms with Crippen molar-refractivity contribution >= 4 is 43.5 Å². The van der Waals surface area contributed by atoms with Crippen molar-refractivity contribution in [1.82, 2.24) is 9.38 Å². The lowest BCUT2D eigenvalue weighted by atomic mass is 10.1. The molecule has 120 valence electrons. The standard InChI is InChI=1S/C18H13N3OS.BrH/c1-2-22-14-5-3-4-13(9-14)15-11-21-16-7-6-12(10-19)8-17(16)23-18(21)20-15;/h3-9,11H,2H2,1H3;1H.